The molecule has 0 amide bonds. The summed E-state index contributed by atoms with van der Waals surface area (Å²) in [6.45, 7) is 4.21. The Labute approximate surface area is 110 Å². The van der Waals surface area contributed by atoms with Crippen LogP contribution in [0.3, 0.4) is 0 Å². The van der Waals surface area contributed by atoms with Crippen LogP contribution >= 0.6 is 0 Å². The number of rotatable bonds is 4. The Balaban J connectivity index is 1.57. The van der Waals surface area contributed by atoms with Crippen LogP contribution in [-0.4, -0.2) is 42.3 Å². The van der Waals surface area contributed by atoms with Crippen molar-refractivity contribution in [3.8, 4) is 0 Å². The molecular weight excluding hydrogens is 244 g/mol. The predicted molar refractivity (Wildman–Crippen MR) is 73.2 cm³/mol. The van der Waals surface area contributed by atoms with Gasteiger partial charge in [0.1, 0.15) is 0 Å². The molecule has 0 aliphatic carbocycles. The molecule has 0 saturated carbocycles. The number of morpholine rings is 1. The van der Waals surface area contributed by atoms with Crippen LogP contribution in [0.15, 0.2) is 23.0 Å². The van der Waals surface area contributed by atoms with Gasteiger partial charge in [0, 0.05) is 26.2 Å². The zero-order chi connectivity index (χ0) is 13.1. The Bertz CT molecular complexity index is 598. The Morgan fingerprint density at radius 1 is 1.32 bits per heavy atom. The molecule has 3 rings (SSSR count). The fourth-order valence-electron chi connectivity index (χ4n) is 2.32. The van der Waals surface area contributed by atoms with Crippen molar-refractivity contribution in [3.63, 3.8) is 0 Å². The largest absolute Gasteiger partial charge is 0.374 e. The van der Waals surface area contributed by atoms with E-state index in [1.165, 1.54) is 0 Å². The molecule has 1 aliphatic heterocycles. The number of hydrogen-bond acceptors (Lipinski definition) is 4. The summed E-state index contributed by atoms with van der Waals surface area (Å²) in [5.74, 6) is 0. The smallest absolute Gasteiger partial charge is 0.323 e. The monoisotopic (exact) mass is 262 g/mol. The summed E-state index contributed by atoms with van der Waals surface area (Å²) in [6.07, 6.45) is 0.240. The summed E-state index contributed by atoms with van der Waals surface area (Å²) < 4.78 is 5.61. The van der Waals surface area contributed by atoms with E-state index < -0.39 is 0 Å². The Kier molecular flexibility index (Phi) is 3.63. The standard InChI is InChI=1S/C13H18N4O2/c18-13-16-11-2-1-9(5-12(11)17-13)6-15-8-10-7-14-3-4-19-10/h1-2,5,10,14-15H,3-4,6-8H2,(H2,16,17,18). The molecule has 6 heteroatoms. The summed E-state index contributed by atoms with van der Waals surface area (Å²) in [4.78, 5) is 16.7. The SMILES string of the molecule is O=c1[nH]c2ccc(CNCC3CNCCO3)cc2[nH]1. The maximum atomic E-state index is 11.2. The van der Waals surface area contributed by atoms with E-state index in [0.717, 1.165) is 49.4 Å². The third-order valence-electron chi connectivity index (χ3n) is 3.29. The van der Waals surface area contributed by atoms with Crippen molar-refractivity contribution in [3.05, 3.63) is 34.2 Å². The van der Waals surface area contributed by atoms with Crippen molar-refractivity contribution in [2.45, 2.75) is 12.6 Å². The van der Waals surface area contributed by atoms with E-state index in [2.05, 4.69) is 20.6 Å². The molecule has 102 valence electrons. The molecule has 1 unspecified atom stereocenters. The summed E-state index contributed by atoms with van der Waals surface area (Å²) >= 11 is 0. The quantitative estimate of drug-likeness (QED) is 0.622. The number of fused-ring (bicyclic) bond motifs is 1. The lowest BCUT2D eigenvalue weighted by Gasteiger charge is -2.23. The predicted octanol–water partition coefficient (Wildman–Crippen LogP) is -0.0658. The highest BCUT2D eigenvalue weighted by molar-refractivity contribution is 5.74. The van der Waals surface area contributed by atoms with Gasteiger partial charge >= 0.3 is 5.69 Å². The zero-order valence-corrected chi connectivity index (χ0v) is 10.7. The maximum absolute atomic E-state index is 11.2. The van der Waals surface area contributed by atoms with Crippen molar-refractivity contribution < 1.29 is 4.74 Å². The van der Waals surface area contributed by atoms with Crippen LogP contribution < -0.4 is 16.3 Å². The third kappa shape index (κ3) is 3.04. The molecule has 1 aliphatic rings. The average molecular weight is 262 g/mol. The second-order valence-electron chi connectivity index (χ2n) is 4.79. The fourth-order valence-corrected chi connectivity index (χ4v) is 2.32. The summed E-state index contributed by atoms with van der Waals surface area (Å²) in [6, 6.07) is 5.92. The van der Waals surface area contributed by atoms with E-state index in [-0.39, 0.29) is 11.8 Å². The minimum atomic E-state index is -0.165. The number of nitrogens with one attached hydrogen (secondary N) is 4. The molecule has 1 saturated heterocycles. The minimum Gasteiger partial charge on any atom is -0.374 e. The first kappa shape index (κ1) is 12.4. The Morgan fingerprint density at radius 2 is 2.21 bits per heavy atom. The number of benzene rings is 1. The number of aromatic amines is 2. The first-order valence-electron chi connectivity index (χ1n) is 6.55. The average Bonchev–Trinajstić information content (AvgIpc) is 2.79. The van der Waals surface area contributed by atoms with Crippen molar-refractivity contribution in [1.29, 1.82) is 0 Å². The lowest BCUT2D eigenvalue weighted by Crippen LogP contribution is -2.43. The molecule has 0 bridgehead atoms. The second kappa shape index (κ2) is 5.56. The Morgan fingerprint density at radius 3 is 3.05 bits per heavy atom. The number of imidazole rings is 1. The van der Waals surface area contributed by atoms with Crippen molar-refractivity contribution >= 4 is 11.0 Å². The molecule has 1 atom stereocenters. The number of H-pyrrole nitrogens is 2. The molecular formula is C13H18N4O2. The molecule has 0 radical (unpaired) electrons. The first-order valence-corrected chi connectivity index (χ1v) is 6.55. The van der Waals surface area contributed by atoms with E-state index in [1.54, 1.807) is 0 Å². The molecule has 2 aromatic rings. The van der Waals surface area contributed by atoms with Crippen LogP contribution in [-0.2, 0) is 11.3 Å². The minimum absolute atomic E-state index is 0.165. The maximum Gasteiger partial charge on any atom is 0.323 e. The normalized spacial score (nSPS) is 19.9. The molecule has 19 heavy (non-hydrogen) atoms. The number of hydrogen-bond donors (Lipinski definition) is 4. The second-order valence-corrected chi connectivity index (χ2v) is 4.79. The van der Waals surface area contributed by atoms with Gasteiger partial charge in [-0.05, 0) is 17.7 Å². The molecule has 4 N–H and O–H groups in total. The van der Waals surface area contributed by atoms with Gasteiger partial charge in [0.05, 0.1) is 23.7 Å². The van der Waals surface area contributed by atoms with Gasteiger partial charge in [-0.3, -0.25) is 0 Å². The zero-order valence-electron chi connectivity index (χ0n) is 10.7. The van der Waals surface area contributed by atoms with Crippen LogP contribution in [0.5, 0.6) is 0 Å². The van der Waals surface area contributed by atoms with Gasteiger partial charge in [-0.15, -0.1) is 0 Å². The first-order chi connectivity index (χ1) is 9.31. The van der Waals surface area contributed by atoms with Crippen LogP contribution in [0.25, 0.3) is 11.0 Å². The topological polar surface area (TPSA) is 81.9 Å². The van der Waals surface area contributed by atoms with Gasteiger partial charge in [-0.2, -0.15) is 0 Å². The van der Waals surface area contributed by atoms with Crippen molar-refractivity contribution in [2.75, 3.05) is 26.2 Å². The van der Waals surface area contributed by atoms with Crippen LogP contribution in [0.1, 0.15) is 5.56 Å². The number of aromatic nitrogens is 2. The molecule has 1 fully saturated rings. The molecule has 1 aromatic carbocycles. The van der Waals surface area contributed by atoms with Crippen LogP contribution in [0, 0.1) is 0 Å². The highest BCUT2D eigenvalue weighted by Gasteiger charge is 2.12. The molecule has 0 spiro atoms. The van der Waals surface area contributed by atoms with Gasteiger partial charge < -0.3 is 25.3 Å². The van der Waals surface area contributed by atoms with Gasteiger partial charge in [0.15, 0.2) is 0 Å². The molecule has 1 aromatic heterocycles. The highest BCUT2D eigenvalue weighted by Crippen LogP contribution is 2.09. The molecule has 6 nitrogen and oxygen atoms in total. The van der Waals surface area contributed by atoms with E-state index in [4.69, 9.17) is 4.74 Å². The van der Waals surface area contributed by atoms with Gasteiger partial charge in [-0.1, -0.05) is 6.07 Å². The van der Waals surface area contributed by atoms with Gasteiger partial charge in [0.2, 0.25) is 0 Å². The fraction of sp³-hybridized carbons (Fsp3) is 0.462. The van der Waals surface area contributed by atoms with Crippen molar-refractivity contribution in [2.24, 2.45) is 0 Å². The summed E-state index contributed by atoms with van der Waals surface area (Å²) in [7, 11) is 0. The Hall–Kier alpha value is -1.63. The van der Waals surface area contributed by atoms with E-state index >= 15 is 0 Å². The summed E-state index contributed by atoms with van der Waals surface area (Å²) in [5, 5.41) is 6.68. The highest BCUT2D eigenvalue weighted by atomic mass is 16.5. The van der Waals surface area contributed by atoms with Crippen LogP contribution in [0.4, 0.5) is 0 Å². The van der Waals surface area contributed by atoms with Gasteiger partial charge in [-0.25, -0.2) is 4.79 Å². The van der Waals surface area contributed by atoms with E-state index in [1.807, 2.05) is 18.2 Å². The van der Waals surface area contributed by atoms with Gasteiger partial charge in [0.25, 0.3) is 0 Å². The third-order valence-corrected chi connectivity index (χ3v) is 3.29. The van der Waals surface area contributed by atoms with E-state index in [9.17, 15) is 4.79 Å². The molecule has 2 heterocycles. The lowest BCUT2D eigenvalue weighted by atomic mass is 10.2. The summed E-state index contributed by atoms with van der Waals surface area (Å²) in [5.41, 5.74) is 2.67. The number of ether oxygens (including phenoxy) is 1. The van der Waals surface area contributed by atoms with Crippen molar-refractivity contribution in [1.82, 2.24) is 20.6 Å². The van der Waals surface area contributed by atoms with E-state index in [0.29, 0.717) is 0 Å². The van der Waals surface area contributed by atoms with Crippen LogP contribution in [0.2, 0.25) is 0 Å². The lowest BCUT2D eigenvalue weighted by molar-refractivity contribution is 0.0291.